The van der Waals surface area contributed by atoms with Crippen molar-refractivity contribution in [3.63, 3.8) is 0 Å². The molecule has 0 aromatic heterocycles. The lowest BCUT2D eigenvalue weighted by atomic mass is 9.98. The van der Waals surface area contributed by atoms with Crippen LogP contribution in [0.25, 0.3) is 0 Å². The van der Waals surface area contributed by atoms with Crippen LogP contribution in [0.2, 0.25) is 0 Å². The van der Waals surface area contributed by atoms with Gasteiger partial charge in [0.1, 0.15) is 0 Å². The van der Waals surface area contributed by atoms with Crippen molar-refractivity contribution >= 4 is 11.8 Å². The Labute approximate surface area is 76.5 Å². The summed E-state index contributed by atoms with van der Waals surface area (Å²) in [4.78, 5) is 23.1. The molecule has 0 aromatic rings. The molecule has 3 N–H and O–H groups in total. The smallest absolute Gasteiger partial charge is 0.311 e. The lowest BCUT2D eigenvalue weighted by Gasteiger charge is -2.29. The first-order valence-corrected chi connectivity index (χ1v) is 4.34. The number of likely N-dealkylation sites (tertiary alicyclic amines) is 1. The SMILES string of the molecule is NC(=O)C(=O)N1CCC(CO)CC1. The third-order valence-electron chi connectivity index (χ3n) is 2.37. The molecule has 5 nitrogen and oxygen atoms in total. The van der Waals surface area contributed by atoms with E-state index in [4.69, 9.17) is 10.8 Å². The van der Waals surface area contributed by atoms with Gasteiger partial charge < -0.3 is 15.7 Å². The van der Waals surface area contributed by atoms with Gasteiger partial charge in [-0.05, 0) is 18.8 Å². The van der Waals surface area contributed by atoms with Gasteiger partial charge in [-0.2, -0.15) is 0 Å². The number of nitrogens with zero attached hydrogens (tertiary/aromatic N) is 1. The molecule has 5 heteroatoms. The highest BCUT2D eigenvalue weighted by atomic mass is 16.3. The number of amides is 2. The maximum absolute atomic E-state index is 11.1. The van der Waals surface area contributed by atoms with Gasteiger partial charge in [0.25, 0.3) is 0 Å². The Morgan fingerprint density at radius 1 is 1.38 bits per heavy atom. The molecule has 2 amide bonds. The van der Waals surface area contributed by atoms with Gasteiger partial charge in [-0.1, -0.05) is 0 Å². The average molecular weight is 186 g/mol. The zero-order valence-electron chi connectivity index (χ0n) is 7.40. The molecule has 1 aliphatic rings. The number of hydrogen-bond acceptors (Lipinski definition) is 3. The Morgan fingerprint density at radius 2 is 1.92 bits per heavy atom. The van der Waals surface area contributed by atoms with Gasteiger partial charge in [0.15, 0.2) is 0 Å². The average Bonchev–Trinajstić information content (AvgIpc) is 2.17. The Balaban J connectivity index is 2.41. The van der Waals surface area contributed by atoms with Crippen molar-refractivity contribution in [2.45, 2.75) is 12.8 Å². The van der Waals surface area contributed by atoms with Gasteiger partial charge in [-0.15, -0.1) is 0 Å². The second kappa shape index (κ2) is 4.23. The maximum Gasteiger partial charge on any atom is 0.311 e. The van der Waals surface area contributed by atoms with Gasteiger partial charge in [-0.3, -0.25) is 9.59 Å². The van der Waals surface area contributed by atoms with E-state index in [-0.39, 0.29) is 12.5 Å². The molecule has 1 heterocycles. The first kappa shape index (κ1) is 9.98. The number of carbonyl (C=O) groups is 2. The van der Waals surface area contributed by atoms with Crippen molar-refractivity contribution in [2.24, 2.45) is 11.7 Å². The van der Waals surface area contributed by atoms with E-state index in [0.29, 0.717) is 13.1 Å². The number of aliphatic hydroxyl groups excluding tert-OH is 1. The van der Waals surface area contributed by atoms with Crippen molar-refractivity contribution in [3.05, 3.63) is 0 Å². The molecular weight excluding hydrogens is 172 g/mol. The quantitative estimate of drug-likeness (QED) is 0.499. The van der Waals surface area contributed by atoms with E-state index in [0.717, 1.165) is 12.8 Å². The Hall–Kier alpha value is -1.10. The van der Waals surface area contributed by atoms with Crippen LogP contribution in [0.4, 0.5) is 0 Å². The zero-order valence-corrected chi connectivity index (χ0v) is 7.40. The number of carbonyl (C=O) groups excluding carboxylic acids is 2. The summed E-state index contributed by atoms with van der Waals surface area (Å²) in [7, 11) is 0. The summed E-state index contributed by atoms with van der Waals surface area (Å²) in [6.07, 6.45) is 1.49. The minimum atomic E-state index is -0.901. The van der Waals surface area contributed by atoms with Gasteiger partial charge in [0.05, 0.1) is 0 Å². The fourth-order valence-electron chi connectivity index (χ4n) is 1.47. The highest BCUT2D eigenvalue weighted by Gasteiger charge is 2.24. The summed E-state index contributed by atoms with van der Waals surface area (Å²) < 4.78 is 0. The first-order valence-electron chi connectivity index (χ1n) is 4.34. The third-order valence-corrected chi connectivity index (χ3v) is 2.37. The van der Waals surface area contributed by atoms with E-state index in [1.165, 1.54) is 4.90 Å². The molecule has 0 aromatic carbocycles. The van der Waals surface area contributed by atoms with Crippen LogP contribution >= 0.6 is 0 Å². The predicted molar refractivity (Wildman–Crippen MR) is 45.6 cm³/mol. The van der Waals surface area contributed by atoms with Gasteiger partial charge in [0.2, 0.25) is 0 Å². The monoisotopic (exact) mass is 186 g/mol. The molecule has 0 aliphatic carbocycles. The van der Waals surface area contributed by atoms with E-state index in [1.54, 1.807) is 0 Å². The summed E-state index contributed by atoms with van der Waals surface area (Å²) in [6, 6.07) is 0. The van der Waals surface area contributed by atoms with Gasteiger partial charge in [0, 0.05) is 19.7 Å². The lowest BCUT2D eigenvalue weighted by molar-refractivity contribution is -0.145. The van der Waals surface area contributed by atoms with Crippen LogP contribution in [0.3, 0.4) is 0 Å². The molecule has 1 rings (SSSR count). The zero-order chi connectivity index (χ0) is 9.84. The molecule has 0 saturated carbocycles. The fourth-order valence-corrected chi connectivity index (χ4v) is 1.47. The van der Waals surface area contributed by atoms with Crippen LogP contribution in [0.15, 0.2) is 0 Å². The van der Waals surface area contributed by atoms with Crippen molar-refractivity contribution < 1.29 is 14.7 Å². The van der Waals surface area contributed by atoms with E-state index < -0.39 is 11.8 Å². The maximum atomic E-state index is 11.1. The molecule has 0 radical (unpaired) electrons. The normalized spacial score (nSPS) is 18.7. The van der Waals surface area contributed by atoms with Crippen molar-refractivity contribution in [3.8, 4) is 0 Å². The molecule has 1 fully saturated rings. The van der Waals surface area contributed by atoms with Crippen LogP contribution in [0, 0.1) is 5.92 Å². The highest BCUT2D eigenvalue weighted by Crippen LogP contribution is 2.15. The van der Waals surface area contributed by atoms with Crippen LogP contribution in [-0.2, 0) is 9.59 Å². The van der Waals surface area contributed by atoms with Crippen LogP contribution in [-0.4, -0.2) is 41.5 Å². The van der Waals surface area contributed by atoms with Gasteiger partial charge >= 0.3 is 11.8 Å². The molecule has 1 saturated heterocycles. The minimum Gasteiger partial charge on any atom is -0.396 e. The van der Waals surface area contributed by atoms with Gasteiger partial charge in [-0.25, -0.2) is 0 Å². The number of aliphatic hydroxyl groups is 1. The van der Waals surface area contributed by atoms with E-state index in [1.807, 2.05) is 0 Å². The van der Waals surface area contributed by atoms with Crippen LogP contribution < -0.4 is 5.73 Å². The predicted octanol–water partition coefficient (Wildman–Crippen LogP) is -1.30. The fraction of sp³-hybridized carbons (Fsp3) is 0.750. The molecule has 0 unspecified atom stereocenters. The molecule has 1 aliphatic heterocycles. The summed E-state index contributed by atoms with van der Waals surface area (Å²) >= 11 is 0. The molecule has 0 atom stereocenters. The number of rotatable bonds is 1. The minimum absolute atomic E-state index is 0.151. The molecule has 13 heavy (non-hydrogen) atoms. The van der Waals surface area contributed by atoms with E-state index in [9.17, 15) is 9.59 Å². The molecular formula is C8H14N2O3. The number of primary amides is 1. The molecule has 0 spiro atoms. The van der Waals surface area contributed by atoms with E-state index >= 15 is 0 Å². The van der Waals surface area contributed by atoms with Crippen LogP contribution in [0.5, 0.6) is 0 Å². The summed E-state index contributed by atoms with van der Waals surface area (Å²) in [5, 5.41) is 8.83. The molecule has 0 bridgehead atoms. The number of hydrogen-bond donors (Lipinski definition) is 2. The van der Waals surface area contributed by atoms with Crippen molar-refractivity contribution in [2.75, 3.05) is 19.7 Å². The second-order valence-corrected chi connectivity index (χ2v) is 3.28. The highest BCUT2D eigenvalue weighted by molar-refractivity contribution is 6.34. The Kier molecular flexibility index (Phi) is 3.25. The van der Waals surface area contributed by atoms with E-state index in [2.05, 4.69) is 0 Å². The third kappa shape index (κ3) is 2.42. The first-order chi connectivity index (χ1) is 6.15. The summed E-state index contributed by atoms with van der Waals surface area (Å²) in [6.45, 7) is 1.19. The Bertz CT molecular complexity index is 209. The molecule has 74 valence electrons. The summed E-state index contributed by atoms with van der Waals surface area (Å²) in [5.41, 5.74) is 4.85. The Morgan fingerprint density at radius 3 is 2.31 bits per heavy atom. The summed E-state index contributed by atoms with van der Waals surface area (Å²) in [5.74, 6) is -1.25. The number of nitrogens with two attached hydrogens (primary N) is 1. The lowest BCUT2D eigenvalue weighted by Crippen LogP contribution is -2.45. The topological polar surface area (TPSA) is 83.6 Å². The standard InChI is InChI=1S/C8H14N2O3/c9-7(12)8(13)10-3-1-6(5-11)2-4-10/h6,11H,1-5H2,(H2,9,12). The van der Waals surface area contributed by atoms with Crippen molar-refractivity contribution in [1.29, 1.82) is 0 Å². The second-order valence-electron chi connectivity index (χ2n) is 3.28. The van der Waals surface area contributed by atoms with Crippen LogP contribution in [0.1, 0.15) is 12.8 Å². The van der Waals surface area contributed by atoms with Crippen molar-refractivity contribution in [1.82, 2.24) is 4.90 Å². The largest absolute Gasteiger partial charge is 0.396 e. The number of piperidine rings is 1.